The molecule has 1 saturated heterocycles. The highest BCUT2D eigenvalue weighted by Crippen LogP contribution is 2.37. The first-order valence-electron chi connectivity index (χ1n) is 3.97. The maximum Gasteiger partial charge on any atom is 0.338 e. The molecule has 4 heteroatoms. The minimum Gasteiger partial charge on any atom is -0.467 e. The number of hydrogen-bond acceptors (Lipinski definition) is 4. The summed E-state index contributed by atoms with van der Waals surface area (Å²) in [6, 6.07) is 5.50. The fourth-order valence-electron chi connectivity index (χ4n) is 1.18. The lowest BCUT2D eigenvalue weighted by Crippen LogP contribution is -2.09. The second kappa shape index (κ2) is 3.14. The molecule has 68 valence electrons. The molecule has 0 aromatic carbocycles. The Hall–Kier alpha value is -1.42. The third kappa shape index (κ3) is 1.53. The smallest absolute Gasteiger partial charge is 0.338 e. The minimum atomic E-state index is -0.458. The molecular weight excluding hydrogens is 170 g/mol. The first-order valence-corrected chi connectivity index (χ1v) is 3.97. The molecule has 2 rings (SSSR count). The average Bonchev–Trinajstić information content (AvgIpc) is 2.98. The van der Waals surface area contributed by atoms with Crippen molar-refractivity contribution < 1.29 is 14.3 Å². The van der Waals surface area contributed by atoms with Crippen molar-refractivity contribution >= 4 is 5.97 Å². The second-order valence-electron chi connectivity index (χ2n) is 2.76. The Kier molecular flexibility index (Phi) is 1.98. The van der Waals surface area contributed by atoms with Gasteiger partial charge in [0.05, 0.1) is 12.8 Å². The van der Waals surface area contributed by atoms with Crippen LogP contribution in [0, 0.1) is 0 Å². The molecule has 0 aliphatic carbocycles. The number of nitrogens with zero attached hydrogens (tertiary/aromatic N) is 1. The van der Waals surface area contributed by atoms with Gasteiger partial charge < -0.3 is 9.47 Å². The van der Waals surface area contributed by atoms with Crippen molar-refractivity contribution in [2.45, 2.75) is 12.2 Å². The molecule has 0 spiro atoms. The molecule has 0 N–H and O–H groups in total. The van der Waals surface area contributed by atoms with Gasteiger partial charge in [0.15, 0.2) is 6.10 Å². The molecule has 2 atom stereocenters. The first-order chi connectivity index (χ1) is 6.33. The number of pyridine rings is 1. The molecule has 0 amide bonds. The third-order valence-electron chi connectivity index (χ3n) is 1.90. The number of rotatable bonds is 2. The molecule has 0 radical (unpaired) electrons. The van der Waals surface area contributed by atoms with E-state index >= 15 is 0 Å². The van der Waals surface area contributed by atoms with Gasteiger partial charge in [-0.3, -0.25) is 4.98 Å². The SMILES string of the molecule is COC(=O)[C@H]1O[C@@H]1c1ccccn1. The summed E-state index contributed by atoms with van der Waals surface area (Å²) >= 11 is 0. The Morgan fingerprint density at radius 2 is 2.46 bits per heavy atom. The maximum atomic E-state index is 11.0. The largest absolute Gasteiger partial charge is 0.467 e. The summed E-state index contributed by atoms with van der Waals surface area (Å²) in [5.41, 5.74) is 0.776. The predicted molar refractivity (Wildman–Crippen MR) is 43.9 cm³/mol. The van der Waals surface area contributed by atoms with Crippen LogP contribution in [0.15, 0.2) is 24.4 Å². The number of methoxy groups -OCH3 is 1. The van der Waals surface area contributed by atoms with Crippen molar-refractivity contribution in [3.63, 3.8) is 0 Å². The van der Waals surface area contributed by atoms with E-state index in [1.54, 1.807) is 6.20 Å². The van der Waals surface area contributed by atoms with E-state index in [0.717, 1.165) is 5.69 Å². The number of hydrogen-bond donors (Lipinski definition) is 0. The van der Waals surface area contributed by atoms with E-state index in [-0.39, 0.29) is 12.1 Å². The lowest BCUT2D eigenvalue weighted by molar-refractivity contribution is -0.142. The minimum absolute atomic E-state index is 0.214. The van der Waals surface area contributed by atoms with Crippen LogP contribution in [-0.4, -0.2) is 24.2 Å². The normalized spacial score (nSPS) is 25.3. The van der Waals surface area contributed by atoms with E-state index in [1.165, 1.54) is 7.11 Å². The van der Waals surface area contributed by atoms with Crippen LogP contribution in [0.1, 0.15) is 11.8 Å². The van der Waals surface area contributed by atoms with E-state index in [9.17, 15) is 4.79 Å². The predicted octanol–water partition coefficient (Wildman–Crippen LogP) is 0.694. The molecule has 2 heterocycles. The summed E-state index contributed by atoms with van der Waals surface area (Å²) in [6.07, 6.45) is 0.999. The van der Waals surface area contributed by atoms with Crippen molar-refractivity contribution in [2.24, 2.45) is 0 Å². The van der Waals surface area contributed by atoms with E-state index in [0.29, 0.717) is 0 Å². The Balaban J connectivity index is 2.04. The Labute approximate surface area is 75.5 Å². The number of ether oxygens (including phenoxy) is 2. The van der Waals surface area contributed by atoms with Crippen molar-refractivity contribution in [1.82, 2.24) is 4.98 Å². The zero-order valence-electron chi connectivity index (χ0n) is 7.14. The van der Waals surface area contributed by atoms with Crippen LogP contribution in [0.25, 0.3) is 0 Å². The molecule has 1 aromatic heterocycles. The second-order valence-corrected chi connectivity index (χ2v) is 2.76. The maximum absolute atomic E-state index is 11.0. The van der Waals surface area contributed by atoms with Gasteiger partial charge in [0, 0.05) is 6.20 Å². The number of esters is 1. The Bertz CT molecular complexity index is 312. The summed E-state index contributed by atoms with van der Waals surface area (Å²) < 4.78 is 9.65. The number of carbonyl (C=O) groups excluding carboxylic acids is 1. The van der Waals surface area contributed by atoms with E-state index in [1.807, 2.05) is 18.2 Å². The molecule has 1 aliphatic rings. The van der Waals surface area contributed by atoms with Gasteiger partial charge in [0.2, 0.25) is 0 Å². The van der Waals surface area contributed by atoms with Crippen LogP contribution in [0.3, 0.4) is 0 Å². The highest BCUT2D eigenvalue weighted by Gasteiger charge is 2.48. The standard InChI is InChI=1S/C9H9NO3/c1-12-9(11)8-7(13-8)6-4-2-3-5-10-6/h2-5,7-8H,1H3/t7-,8+/m1/s1. The summed E-state index contributed by atoms with van der Waals surface area (Å²) in [7, 11) is 1.35. The highest BCUT2D eigenvalue weighted by molar-refractivity contribution is 5.78. The molecule has 1 aliphatic heterocycles. The van der Waals surface area contributed by atoms with Gasteiger partial charge in [-0.05, 0) is 12.1 Å². The Morgan fingerprint density at radius 1 is 1.62 bits per heavy atom. The molecule has 0 bridgehead atoms. The van der Waals surface area contributed by atoms with Gasteiger partial charge in [-0.1, -0.05) is 6.07 Å². The monoisotopic (exact) mass is 179 g/mol. The molecule has 1 fully saturated rings. The topological polar surface area (TPSA) is 51.7 Å². The van der Waals surface area contributed by atoms with Gasteiger partial charge in [-0.2, -0.15) is 0 Å². The quantitative estimate of drug-likeness (QED) is 0.495. The highest BCUT2D eigenvalue weighted by atomic mass is 16.6. The third-order valence-corrected chi connectivity index (χ3v) is 1.90. The van der Waals surface area contributed by atoms with Crippen LogP contribution >= 0.6 is 0 Å². The summed E-state index contributed by atoms with van der Waals surface area (Å²) in [6.45, 7) is 0. The van der Waals surface area contributed by atoms with Crippen molar-refractivity contribution in [2.75, 3.05) is 7.11 Å². The summed E-state index contributed by atoms with van der Waals surface area (Å²) in [5.74, 6) is -0.337. The lowest BCUT2D eigenvalue weighted by Gasteiger charge is -1.93. The fraction of sp³-hybridized carbons (Fsp3) is 0.333. The van der Waals surface area contributed by atoms with Gasteiger partial charge in [-0.15, -0.1) is 0 Å². The van der Waals surface area contributed by atoms with Gasteiger partial charge in [0.25, 0.3) is 0 Å². The van der Waals surface area contributed by atoms with E-state index < -0.39 is 6.10 Å². The molecular formula is C9H9NO3. The molecule has 0 unspecified atom stereocenters. The van der Waals surface area contributed by atoms with Crippen LogP contribution in [0.4, 0.5) is 0 Å². The van der Waals surface area contributed by atoms with Crippen LogP contribution < -0.4 is 0 Å². The van der Waals surface area contributed by atoms with Crippen molar-refractivity contribution in [3.05, 3.63) is 30.1 Å². The van der Waals surface area contributed by atoms with Gasteiger partial charge in [0.1, 0.15) is 6.10 Å². The molecule has 13 heavy (non-hydrogen) atoms. The van der Waals surface area contributed by atoms with Crippen molar-refractivity contribution in [1.29, 1.82) is 0 Å². The van der Waals surface area contributed by atoms with Gasteiger partial charge in [-0.25, -0.2) is 4.79 Å². The molecule has 4 nitrogen and oxygen atoms in total. The zero-order chi connectivity index (χ0) is 9.26. The molecule has 0 saturated carbocycles. The van der Waals surface area contributed by atoms with Crippen LogP contribution in [0.2, 0.25) is 0 Å². The lowest BCUT2D eigenvalue weighted by atomic mass is 10.2. The zero-order valence-corrected chi connectivity index (χ0v) is 7.14. The van der Waals surface area contributed by atoms with Crippen LogP contribution in [0.5, 0.6) is 0 Å². The summed E-state index contributed by atoms with van der Waals surface area (Å²) in [5, 5.41) is 0. The van der Waals surface area contributed by atoms with Crippen molar-refractivity contribution in [3.8, 4) is 0 Å². The number of aromatic nitrogens is 1. The number of carbonyl (C=O) groups is 1. The number of epoxide rings is 1. The first kappa shape index (κ1) is 8.19. The summed E-state index contributed by atoms with van der Waals surface area (Å²) in [4.78, 5) is 15.1. The van der Waals surface area contributed by atoms with Gasteiger partial charge >= 0.3 is 5.97 Å². The van der Waals surface area contributed by atoms with E-state index in [2.05, 4.69) is 9.72 Å². The van der Waals surface area contributed by atoms with Crippen LogP contribution in [-0.2, 0) is 14.3 Å². The fourth-order valence-corrected chi connectivity index (χ4v) is 1.18. The average molecular weight is 179 g/mol. The molecule has 1 aromatic rings. The van der Waals surface area contributed by atoms with E-state index in [4.69, 9.17) is 4.74 Å². The Morgan fingerprint density at radius 3 is 3.08 bits per heavy atom.